The molecule has 7 aromatic carbocycles. The molecule has 0 spiro atoms. The third-order valence-electron chi connectivity index (χ3n) is 9.98. The molecule has 0 fully saturated rings. The van der Waals surface area contributed by atoms with Crippen molar-refractivity contribution >= 4 is 81.7 Å². The van der Waals surface area contributed by atoms with Crippen LogP contribution < -0.4 is 4.90 Å². The summed E-state index contributed by atoms with van der Waals surface area (Å²) < 4.78 is 14.6. The van der Waals surface area contributed by atoms with E-state index in [1.165, 1.54) is 31.3 Å². The molecule has 4 aromatic heterocycles. The van der Waals surface area contributed by atoms with E-state index in [1.807, 2.05) is 60.8 Å². The SMILES string of the molecule is c1ccc2oc(-c3ccc(N(c4ccc(-c5nc6ccccc6o5)cc4)c4ccc5cc(-c6ccc7c(c6)sc6cccnc67)ccc5c4)cc3)nc2c1. The van der Waals surface area contributed by atoms with Gasteiger partial charge in [-0.3, -0.25) is 4.98 Å². The number of hydrogen-bond acceptors (Lipinski definition) is 7. The van der Waals surface area contributed by atoms with Gasteiger partial charge in [0.05, 0.1) is 10.2 Å². The molecule has 0 unspecified atom stereocenters. The number of benzene rings is 7. The number of anilines is 3. The highest BCUT2D eigenvalue weighted by molar-refractivity contribution is 7.25. The number of fused-ring (bicyclic) bond motifs is 6. The van der Waals surface area contributed by atoms with Crippen LogP contribution in [0.4, 0.5) is 17.1 Å². The second-order valence-corrected chi connectivity index (χ2v) is 14.4. The Bertz CT molecular complexity index is 2990. The van der Waals surface area contributed by atoms with Gasteiger partial charge < -0.3 is 13.7 Å². The summed E-state index contributed by atoms with van der Waals surface area (Å²) >= 11 is 1.79. The number of aromatic nitrogens is 3. The first-order valence-corrected chi connectivity index (χ1v) is 18.6. The van der Waals surface area contributed by atoms with Gasteiger partial charge in [-0.15, -0.1) is 11.3 Å². The Morgan fingerprint density at radius 2 is 1.00 bits per heavy atom. The quantitative estimate of drug-likeness (QED) is 0.171. The Morgan fingerprint density at radius 3 is 1.67 bits per heavy atom. The van der Waals surface area contributed by atoms with Crippen molar-refractivity contribution in [3.63, 3.8) is 0 Å². The van der Waals surface area contributed by atoms with Gasteiger partial charge in [0.1, 0.15) is 11.0 Å². The maximum atomic E-state index is 6.08. The van der Waals surface area contributed by atoms with E-state index in [9.17, 15) is 0 Å². The number of para-hydroxylation sites is 4. The van der Waals surface area contributed by atoms with E-state index >= 15 is 0 Å². The standard InChI is InChI=1S/C47H28N4O2S/c1-3-8-41-39(6-1)49-46(52-41)29-13-19-35(20-14-29)51(36-21-15-30(16-22-36)47-50-40-7-2-4-9-42(40)53-47)37-23-17-32-26-31(11-12-33(32)27-37)34-18-24-38-44(28-34)54-43-10-5-25-48-45(38)43/h1-28H. The third-order valence-corrected chi connectivity index (χ3v) is 11.1. The number of hydrogen-bond donors (Lipinski definition) is 0. The van der Waals surface area contributed by atoms with Gasteiger partial charge >= 0.3 is 0 Å². The summed E-state index contributed by atoms with van der Waals surface area (Å²) in [6.07, 6.45) is 1.87. The molecule has 0 saturated carbocycles. The van der Waals surface area contributed by atoms with Crippen LogP contribution in [0.5, 0.6) is 0 Å². The molecule has 254 valence electrons. The first-order valence-electron chi connectivity index (χ1n) is 17.7. The van der Waals surface area contributed by atoms with E-state index < -0.39 is 0 Å². The van der Waals surface area contributed by atoms with Gasteiger partial charge in [-0.05, 0) is 131 Å². The number of nitrogens with zero attached hydrogens (tertiary/aromatic N) is 4. The molecular weight excluding hydrogens is 685 g/mol. The van der Waals surface area contributed by atoms with Gasteiger partial charge in [0.2, 0.25) is 11.8 Å². The summed E-state index contributed by atoms with van der Waals surface area (Å²) in [4.78, 5) is 16.3. The Hall–Kier alpha value is -7.09. The highest BCUT2D eigenvalue weighted by Crippen LogP contribution is 2.40. The fourth-order valence-electron chi connectivity index (χ4n) is 7.27. The van der Waals surface area contributed by atoms with Crippen molar-refractivity contribution in [2.24, 2.45) is 0 Å². The summed E-state index contributed by atoms with van der Waals surface area (Å²) in [7, 11) is 0. The molecule has 0 saturated heterocycles. The Morgan fingerprint density at radius 1 is 0.444 bits per heavy atom. The normalized spacial score (nSPS) is 11.7. The van der Waals surface area contributed by atoms with Crippen molar-refractivity contribution in [2.75, 3.05) is 4.90 Å². The average Bonchev–Trinajstić information content (AvgIpc) is 3.96. The van der Waals surface area contributed by atoms with Crippen LogP contribution in [0.1, 0.15) is 0 Å². The van der Waals surface area contributed by atoms with Crippen molar-refractivity contribution in [3.05, 3.63) is 170 Å². The average molecular weight is 713 g/mol. The number of oxazole rings is 2. The van der Waals surface area contributed by atoms with Crippen LogP contribution in [0, 0.1) is 0 Å². The summed E-state index contributed by atoms with van der Waals surface area (Å²) in [6, 6.07) is 56.6. The van der Waals surface area contributed by atoms with E-state index in [2.05, 4.69) is 119 Å². The second-order valence-electron chi connectivity index (χ2n) is 13.3. The van der Waals surface area contributed by atoms with Gasteiger partial charge in [0, 0.05) is 44.5 Å². The molecule has 0 bridgehead atoms. The van der Waals surface area contributed by atoms with Crippen molar-refractivity contribution in [1.82, 2.24) is 15.0 Å². The van der Waals surface area contributed by atoms with E-state index in [-0.39, 0.29) is 0 Å². The van der Waals surface area contributed by atoms with Crippen LogP contribution in [-0.2, 0) is 0 Å². The van der Waals surface area contributed by atoms with Crippen LogP contribution in [0.3, 0.4) is 0 Å². The van der Waals surface area contributed by atoms with Crippen molar-refractivity contribution in [3.8, 4) is 34.0 Å². The van der Waals surface area contributed by atoms with Gasteiger partial charge in [0.25, 0.3) is 0 Å². The molecule has 7 heteroatoms. The van der Waals surface area contributed by atoms with Crippen LogP contribution in [-0.4, -0.2) is 15.0 Å². The predicted octanol–water partition coefficient (Wildman–Crippen LogP) is 13.4. The van der Waals surface area contributed by atoms with E-state index in [4.69, 9.17) is 18.8 Å². The van der Waals surface area contributed by atoms with Gasteiger partial charge in [-0.25, -0.2) is 9.97 Å². The number of thiophene rings is 1. The molecule has 54 heavy (non-hydrogen) atoms. The lowest BCUT2D eigenvalue weighted by atomic mass is 10.00. The first-order chi connectivity index (χ1) is 26.7. The summed E-state index contributed by atoms with van der Waals surface area (Å²) in [6.45, 7) is 0. The molecular formula is C47H28N4O2S. The third kappa shape index (κ3) is 5.21. The lowest BCUT2D eigenvalue weighted by Gasteiger charge is -2.26. The summed E-state index contributed by atoms with van der Waals surface area (Å²) in [5.74, 6) is 1.20. The molecule has 0 aliphatic heterocycles. The minimum Gasteiger partial charge on any atom is -0.436 e. The minimum absolute atomic E-state index is 0.599. The molecule has 0 N–H and O–H groups in total. The molecule has 0 aliphatic rings. The van der Waals surface area contributed by atoms with Gasteiger partial charge in [-0.2, -0.15) is 0 Å². The molecule has 0 amide bonds. The molecule has 0 atom stereocenters. The van der Waals surface area contributed by atoms with Gasteiger partial charge in [-0.1, -0.05) is 54.6 Å². The Labute approximate surface area is 313 Å². The molecule has 6 nitrogen and oxygen atoms in total. The highest BCUT2D eigenvalue weighted by atomic mass is 32.1. The van der Waals surface area contributed by atoms with Crippen LogP contribution in [0.25, 0.3) is 87.3 Å². The van der Waals surface area contributed by atoms with Crippen LogP contribution >= 0.6 is 11.3 Å². The zero-order valence-corrected chi connectivity index (χ0v) is 29.5. The van der Waals surface area contributed by atoms with Crippen LogP contribution in [0.15, 0.2) is 179 Å². The van der Waals surface area contributed by atoms with Crippen molar-refractivity contribution in [2.45, 2.75) is 0 Å². The van der Waals surface area contributed by atoms with Crippen molar-refractivity contribution in [1.29, 1.82) is 0 Å². The van der Waals surface area contributed by atoms with Gasteiger partial charge in [0.15, 0.2) is 11.2 Å². The molecule has 11 rings (SSSR count). The van der Waals surface area contributed by atoms with E-state index in [0.717, 1.165) is 61.3 Å². The first kappa shape index (κ1) is 30.5. The molecule has 0 aliphatic carbocycles. The minimum atomic E-state index is 0.599. The predicted molar refractivity (Wildman–Crippen MR) is 221 cm³/mol. The monoisotopic (exact) mass is 712 g/mol. The zero-order valence-electron chi connectivity index (χ0n) is 28.7. The molecule has 11 aromatic rings. The van der Waals surface area contributed by atoms with Crippen LogP contribution in [0.2, 0.25) is 0 Å². The van der Waals surface area contributed by atoms with E-state index in [1.54, 1.807) is 11.3 Å². The Balaban J connectivity index is 0.972. The molecule has 0 radical (unpaired) electrons. The Kier molecular flexibility index (Phi) is 6.93. The fraction of sp³-hybridized carbons (Fsp3) is 0. The number of rotatable bonds is 6. The zero-order chi connectivity index (χ0) is 35.6. The topological polar surface area (TPSA) is 68.2 Å². The number of pyridine rings is 1. The molecule has 4 heterocycles. The fourth-order valence-corrected chi connectivity index (χ4v) is 8.38. The summed E-state index contributed by atoms with van der Waals surface area (Å²) in [5, 5.41) is 3.53. The largest absolute Gasteiger partial charge is 0.436 e. The maximum Gasteiger partial charge on any atom is 0.227 e. The summed E-state index contributed by atoms with van der Waals surface area (Å²) in [5.41, 5.74) is 11.6. The van der Waals surface area contributed by atoms with Crippen molar-refractivity contribution < 1.29 is 8.83 Å². The lowest BCUT2D eigenvalue weighted by molar-refractivity contribution is 0.619. The second kappa shape index (κ2) is 12.3. The highest BCUT2D eigenvalue weighted by Gasteiger charge is 2.17. The van der Waals surface area contributed by atoms with E-state index in [0.29, 0.717) is 11.8 Å². The maximum absolute atomic E-state index is 6.08. The smallest absolute Gasteiger partial charge is 0.227 e. The lowest BCUT2D eigenvalue weighted by Crippen LogP contribution is -2.09.